The zero-order valence-electron chi connectivity index (χ0n) is 15.5. The molecule has 0 bridgehead atoms. The van der Waals surface area contributed by atoms with Gasteiger partial charge in [0, 0.05) is 6.07 Å². The van der Waals surface area contributed by atoms with Crippen LogP contribution in [0.1, 0.15) is 41.0 Å². The number of hydrogen-bond acceptors (Lipinski definition) is 4. The van der Waals surface area contributed by atoms with E-state index < -0.39 is 0 Å². The summed E-state index contributed by atoms with van der Waals surface area (Å²) in [5.41, 5.74) is 2.69. The molecule has 138 valence electrons. The van der Waals surface area contributed by atoms with Crippen LogP contribution in [0.25, 0.3) is 5.69 Å². The Balaban J connectivity index is 1.61. The van der Waals surface area contributed by atoms with E-state index in [0.29, 0.717) is 11.4 Å². The third-order valence-corrected chi connectivity index (χ3v) is 5.29. The van der Waals surface area contributed by atoms with Crippen molar-refractivity contribution in [1.82, 2.24) is 20.3 Å². The average Bonchev–Trinajstić information content (AvgIpc) is 3.07. The van der Waals surface area contributed by atoms with Crippen molar-refractivity contribution in [2.75, 3.05) is 7.11 Å². The largest absolute Gasteiger partial charge is 0.497 e. The fourth-order valence-electron chi connectivity index (χ4n) is 3.58. The van der Waals surface area contributed by atoms with Crippen LogP contribution in [0.15, 0.2) is 54.6 Å². The molecule has 4 rings (SSSR count). The number of benzene rings is 2. The topological polar surface area (TPSA) is 69.0 Å². The van der Waals surface area contributed by atoms with E-state index in [1.54, 1.807) is 11.8 Å². The lowest BCUT2D eigenvalue weighted by Crippen LogP contribution is -2.51. The van der Waals surface area contributed by atoms with E-state index in [2.05, 4.69) is 27.8 Å². The number of carbonyl (C=O) groups excluding carboxylic acids is 1. The predicted octanol–water partition coefficient (Wildman–Crippen LogP) is 3.39. The van der Waals surface area contributed by atoms with Gasteiger partial charge in [-0.1, -0.05) is 41.6 Å². The Bertz CT molecular complexity index is 961. The lowest BCUT2D eigenvalue weighted by Gasteiger charge is -2.43. The Morgan fingerprint density at radius 3 is 2.59 bits per heavy atom. The first-order valence-electron chi connectivity index (χ1n) is 9.08. The molecule has 1 aromatic heterocycles. The lowest BCUT2D eigenvalue weighted by atomic mass is 9.71. The second-order valence-corrected chi connectivity index (χ2v) is 6.89. The summed E-state index contributed by atoms with van der Waals surface area (Å²) in [5, 5.41) is 11.5. The van der Waals surface area contributed by atoms with Gasteiger partial charge in [0.1, 0.15) is 5.75 Å². The van der Waals surface area contributed by atoms with Crippen LogP contribution in [0.2, 0.25) is 0 Å². The molecule has 6 heteroatoms. The van der Waals surface area contributed by atoms with Crippen molar-refractivity contribution in [1.29, 1.82) is 0 Å². The van der Waals surface area contributed by atoms with Crippen molar-refractivity contribution in [3.63, 3.8) is 0 Å². The third kappa shape index (κ3) is 3.07. The molecule has 1 fully saturated rings. The normalized spacial score (nSPS) is 15.0. The Hall–Kier alpha value is -3.15. The predicted molar refractivity (Wildman–Crippen MR) is 102 cm³/mol. The first kappa shape index (κ1) is 17.3. The number of amides is 1. The number of hydrogen-bond donors (Lipinski definition) is 1. The third-order valence-electron chi connectivity index (χ3n) is 5.29. The van der Waals surface area contributed by atoms with Gasteiger partial charge in [-0.15, -0.1) is 5.10 Å². The SMILES string of the molecule is COc1cccc(-n2nnc(C(=O)NC3(c4ccccc4)CCC3)c2C)c1. The molecule has 0 radical (unpaired) electrons. The molecule has 1 heterocycles. The van der Waals surface area contributed by atoms with Gasteiger partial charge in [-0.2, -0.15) is 0 Å². The number of ether oxygens (including phenoxy) is 1. The van der Waals surface area contributed by atoms with Crippen molar-refractivity contribution in [2.45, 2.75) is 31.7 Å². The first-order chi connectivity index (χ1) is 13.1. The summed E-state index contributed by atoms with van der Waals surface area (Å²) in [6.07, 6.45) is 2.97. The molecule has 6 nitrogen and oxygen atoms in total. The first-order valence-corrected chi connectivity index (χ1v) is 9.08. The number of nitrogens with zero attached hydrogens (tertiary/aromatic N) is 3. The molecular formula is C21H22N4O2. The summed E-state index contributed by atoms with van der Waals surface area (Å²) in [6.45, 7) is 1.85. The van der Waals surface area contributed by atoms with Gasteiger partial charge in [0.25, 0.3) is 5.91 Å². The van der Waals surface area contributed by atoms with Crippen LogP contribution < -0.4 is 10.1 Å². The molecule has 1 N–H and O–H groups in total. The summed E-state index contributed by atoms with van der Waals surface area (Å²) >= 11 is 0. The Labute approximate surface area is 158 Å². The fourth-order valence-corrected chi connectivity index (χ4v) is 3.58. The zero-order valence-corrected chi connectivity index (χ0v) is 15.5. The van der Waals surface area contributed by atoms with Crippen LogP contribution in [0, 0.1) is 6.92 Å². The minimum Gasteiger partial charge on any atom is -0.497 e. The Kier molecular flexibility index (Phi) is 4.39. The van der Waals surface area contributed by atoms with Gasteiger partial charge in [-0.05, 0) is 43.9 Å². The van der Waals surface area contributed by atoms with Crippen molar-refractivity contribution >= 4 is 5.91 Å². The number of carbonyl (C=O) groups is 1. The van der Waals surface area contributed by atoms with Crippen molar-refractivity contribution < 1.29 is 9.53 Å². The highest BCUT2D eigenvalue weighted by Crippen LogP contribution is 2.41. The van der Waals surface area contributed by atoms with E-state index in [9.17, 15) is 4.79 Å². The number of rotatable bonds is 5. The van der Waals surface area contributed by atoms with E-state index in [0.717, 1.165) is 36.3 Å². The van der Waals surface area contributed by atoms with Crippen molar-refractivity contribution in [3.8, 4) is 11.4 Å². The molecular weight excluding hydrogens is 340 g/mol. The molecule has 0 saturated heterocycles. The Morgan fingerprint density at radius 1 is 1.15 bits per heavy atom. The minimum atomic E-state index is -0.301. The number of methoxy groups -OCH3 is 1. The van der Waals surface area contributed by atoms with Crippen LogP contribution >= 0.6 is 0 Å². The van der Waals surface area contributed by atoms with Crippen molar-refractivity contribution in [3.05, 3.63) is 71.5 Å². The molecule has 0 aliphatic heterocycles. The molecule has 0 unspecified atom stereocenters. The van der Waals surface area contributed by atoms with E-state index in [1.165, 1.54) is 0 Å². The molecule has 0 atom stereocenters. The van der Waals surface area contributed by atoms with Crippen LogP contribution in [0.4, 0.5) is 0 Å². The van der Waals surface area contributed by atoms with Gasteiger partial charge in [0.15, 0.2) is 5.69 Å². The fraction of sp³-hybridized carbons (Fsp3) is 0.286. The van der Waals surface area contributed by atoms with Crippen molar-refractivity contribution in [2.24, 2.45) is 0 Å². The van der Waals surface area contributed by atoms with E-state index >= 15 is 0 Å². The second kappa shape index (κ2) is 6.87. The van der Waals surface area contributed by atoms with Crippen LogP contribution in [0.5, 0.6) is 5.75 Å². The van der Waals surface area contributed by atoms with E-state index in [4.69, 9.17) is 4.74 Å². The average molecular weight is 362 g/mol. The molecule has 1 amide bonds. The van der Waals surface area contributed by atoms with E-state index in [1.807, 2.05) is 49.4 Å². The molecule has 2 aromatic carbocycles. The molecule has 27 heavy (non-hydrogen) atoms. The second-order valence-electron chi connectivity index (χ2n) is 6.89. The maximum Gasteiger partial charge on any atom is 0.274 e. The Morgan fingerprint density at radius 2 is 1.93 bits per heavy atom. The van der Waals surface area contributed by atoms with Gasteiger partial charge in [-0.25, -0.2) is 4.68 Å². The van der Waals surface area contributed by atoms with Gasteiger partial charge < -0.3 is 10.1 Å². The standard InChI is InChI=1S/C21H22N4O2/c1-15-19(23-24-25(15)17-10-6-11-18(14-17)27-2)20(26)22-21(12-7-13-21)16-8-4-3-5-9-16/h3-6,8-11,14H,7,12-13H2,1-2H3,(H,22,26). The number of aromatic nitrogens is 3. The zero-order chi connectivity index (χ0) is 18.9. The summed E-state index contributed by atoms with van der Waals surface area (Å²) in [4.78, 5) is 13.0. The molecule has 1 aliphatic carbocycles. The van der Waals surface area contributed by atoms with Crippen LogP contribution in [-0.2, 0) is 5.54 Å². The molecule has 1 aliphatic rings. The number of nitrogens with one attached hydrogen (secondary N) is 1. The molecule has 1 saturated carbocycles. The lowest BCUT2D eigenvalue weighted by molar-refractivity contribution is 0.0817. The van der Waals surface area contributed by atoms with Crippen LogP contribution in [-0.4, -0.2) is 28.0 Å². The molecule has 0 spiro atoms. The smallest absolute Gasteiger partial charge is 0.274 e. The highest BCUT2D eigenvalue weighted by atomic mass is 16.5. The van der Waals surface area contributed by atoms with Gasteiger partial charge in [0.2, 0.25) is 0 Å². The highest BCUT2D eigenvalue weighted by molar-refractivity contribution is 5.94. The summed E-state index contributed by atoms with van der Waals surface area (Å²) in [6, 6.07) is 17.7. The summed E-state index contributed by atoms with van der Waals surface area (Å²) in [5.74, 6) is 0.538. The van der Waals surface area contributed by atoms with Crippen LogP contribution in [0.3, 0.4) is 0 Å². The maximum atomic E-state index is 13.0. The molecule has 3 aromatic rings. The van der Waals surface area contributed by atoms with Gasteiger partial charge in [-0.3, -0.25) is 4.79 Å². The quantitative estimate of drug-likeness (QED) is 0.755. The van der Waals surface area contributed by atoms with Gasteiger partial charge in [0.05, 0.1) is 24.0 Å². The van der Waals surface area contributed by atoms with E-state index in [-0.39, 0.29) is 11.4 Å². The highest BCUT2D eigenvalue weighted by Gasteiger charge is 2.40. The minimum absolute atomic E-state index is 0.190. The monoisotopic (exact) mass is 362 g/mol. The van der Waals surface area contributed by atoms with Gasteiger partial charge >= 0.3 is 0 Å². The maximum absolute atomic E-state index is 13.0. The summed E-state index contributed by atoms with van der Waals surface area (Å²) < 4.78 is 6.93. The summed E-state index contributed by atoms with van der Waals surface area (Å²) in [7, 11) is 1.62.